The standard InChI is InChI=1S/C21H19N5O2S/c1-2-28-17-8-4-3-7-15(17)19-16(12-27)18-20(29-19)21(24-13-23-18)26-25-11-14-6-5-9-22-10-14/h3-11,13,27H,2,12H2,1H3,(H,23,24,26). The van der Waals surface area contributed by atoms with Crippen LogP contribution in [0.1, 0.15) is 18.1 Å². The topological polar surface area (TPSA) is 92.5 Å². The molecule has 0 spiro atoms. The molecule has 3 heterocycles. The summed E-state index contributed by atoms with van der Waals surface area (Å²) in [4.78, 5) is 13.7. The molecule has 0 fully saturated rings. The Bertz CT molecular complexity index is 1140. The van der Waals surface area contributed by atoms with Gasteiger partial charge in [-0.3, -0.25) is 10.4 Å². The van der Waals surface area contributed by atoms with Crippen molar-refractivity contribution in [2.24, 2.45) is 5.10 Å². The first-order valence-corrected chi connectivity index (χ1v) is 9.92. The highest BCUT2D eigenvalue weighted by Crippen LogP contribution is 2.43. The van der Waals surface area contributed by atoms with Crippen LogP contribution >= 0.6 is 11.3 Å². The second-order valence-corrected chi connectivity index (χ2v) is 7.07. The third-order valence-electron chi connectivity index (χ3n) is 4.23. The SMILES string of the molecule is CCOc1ccccc1-c1sc2c(NN=Cc3cccnc3)ncnc2c1CO. The van der Waals surface area contributed by atoms with E-state index in [1.165, 1.54) is 17.7 Å². The van der Waals surface area contributed by atoms with Crippen LogP contribution in [0.15, 0.2) is 60.2 Å². The third-order valence-corrected chi connectivity index (χ3v) is 5.49. The Balaban J connectivity index is 1.75. The average Bonchev–Trinajstić information content (AvgIpc) is 3.14. The van der Waals surface area contributed by atoms with Crippen LogP contribution in [0.4, 0.5) is 5.82 Å². The number of aliphatic hydroxyl groups is 1. The monoisotopic (exact) mass is 405 g/mol. The number of nitrogens with zero attached hydrogens (tertiary/aromatic N) is 4. The number of nitrogens with one attached hydrogen (secondary N) is 1. The van der Waals surface area contributed by atoms with Crippen molar-refractivity contribution < 1.29 is 9.84 Å². The number of benzene rings is 1. The maximum atomic E-state index is 10.1. The van der Waals surface area contributed by atoms with Crippen LogP contribution in [-0.2, 0) is 6.61 Å². The Morgan fingerprint density at radius 3 is 2.90 bits per heavy atom. The Kier molecular flexibility index (Phi) is 5.73. The Labute approximate surface area is 171 Å². The molecule has 0 aliphatic rings. The normalized spacial score (nSPS) is 11.2. The van der Waals surface area contributed by atoms with E-state index >= 15 is 0 Å². The number of hydrogen-bond donors (Lipinski definition) is 2. The van der Waals surface area contributed by atoms with Gasteiger partial charge in [0.2, 0.25) is 0 Å². The number of aliphatic hydroxyl groups excluding tert-OH is 1. The number of para-hydroxylation sites is 1. The largest absolute Gasteiger partial charge is 0.493 e. The molecule has 0 bridgehead atoms. The maximum Gasteiger partial charge on any atom is 0.167 e. The smallest absolute Gasteiger partial charge is 0.167 e. The van der Waals surface area contributed by atoms with Crippen LogP contribution in [0.25, 0.3) is 20.7 Å². The summed E-state index contributed by atoms with van der Waals surface area (Å²) in [6, 6.07) is 11.5. The average molecular weight is 405 g/mol. The molecule has 29 heavy (non-hydrogen) atoms. The number of rotatable bonds is 7. The van der Waals surface area contributed by atoms with Crippen LogP contribution in [-0.4, -0.2) is 32.9 Å². The van der Waals surface area contributed by atoms with E-state index in [1.54, 1.807) is 18.6 Å². The summed E-state index contributed by atoms with van der Waals surface area (Å²) in [5.41, 5.74) is 6.23. The molecule has 8 heteroatoms. The minimum Gasteiger partial charge on any atom is -0.493 e. The highest BCUT2D eigenvalue weighted by molar-refractivity contribution is 7.23. The fraction of sp³-hybridized carbons (Fsp3) is 0.143. The molecular formula is C21H19N5O2S. The molecule has 3 aromatic heterocycles. The number of aromatic nitrogens is 3. The Morgan fingerprint density at radius 1 is 1.21 bits per heavy atom. The van der Waals surface area contributed by atoms with Gasteiger partial charge in [0.15, 0.2) is 5.82 Å². The first-order valence-electron chi connectivity index (χ1n) is 9.10. The predicted molar refractivity (Wildman–Crippen MR) is 115 cm³/mol. The molecule has 0 radical (unpaired) electrons. The van der Waals surface area contributed by atoms with E-state index < -0.39 is 0 Å². The van der Waals surface area contributed by atoms with E-state index in [9.17, 15) is 5.11 Å². The van der Waals surface area contributed by atoms with E-state index in [1.807, 2.05) is 43.3 Å². The summed E-state index contributed by atoms with van der Waals surface area (Å²) < 4.78 is 6.60. The fourth-order valence-corrected chi connectivity index (χ4v) is 4.19. The number of anilines is 1. The first-order chi connectivity index (χ1) is 14.3. The molecule has 0 unspecified atom stereocenters. The maximum absolute atomic E-state index is 10.1. The predicted octanol–water partition coefficient (Wildman–Crippen LogP) is 4.09. The lowest BCUT2D eigenvalue weighted by Gasteiger charge is -2.09. The van der Waals surface area contributed by atoms with Gasteiger partial charge in [0.25, 0.3) is 0 Å². The van der Waals surface area contributed by atoms with Crippen molar-refractivity contribution in [2.45, 2.75) is 13.5 Å². The minimum absolute atomic E-state index is 0.134. The summed E-state index contributed by atoms with van der Waals surface area (Å²) in [6.45, 7) is 2.37. The van der Waals surface area contributed by atoms with Crippen molar-refractivity contribution in [3.8, 4) is 16.2 Å². The van der Waals surface area contributed by atoms with E-state index in [2.05, 4.69) is 25.5 Å². The first kappa shape index (κ1) is 19.0. The van der Waals surface area contributed by atoms with Crippen LogP contribution in [0.3, 0.4) is 0 Å². The quantitative estimate of drug-likeness (QED) is 0.355. The van der Waals surface area contributed by atoms with Crippen LogP contribution in [0, 0.1) is 0 Å². The van der Waals surface area contributed by atoms with E-state index in [4.69, 9.17) is 4.74 Å². The molecular weight excluding hydrogens is 386 g/mol. The van der Waals surface area contributed by atoms with Crippen LogP contribution < -0.4 is 10.2 Å². The van der Waals surface area contributed by atoms with E-state index in [0.29, 0.717) is 17.9 Å². The zero-order valence-corrected chi connectivity index (χ0v) is 16.6. The third kappa shape index (κ3) is 3.94. The van der Waals surface area contributed by atoms with Gasteiger partial charge in [0.1, 0.15) is 12.1 Å². The molecule has 1 aromatic carbocycles. The number of fused-ring (bicyclic) bond motifs is 1. The van der Waals surface area contributed by atoms with Crippen molar-refractivity contribution in [1.29, 1.82) is 0 Å². The zero-order valence-electron chi connectivity index (χ0n) is 15.7. The van der Waals surface area contributed by atoms with E-state index in [-0.39, 0.29) is 6.61 Å². The molecule has 0 saturated carbocycles. The van der Waals surface area contributed by atoms with Crippen molar-refractivity contribution in [3.63, 3.8) is 0 Å². The molecule has 0 aliphatic carbocycles. The molecule has 4 rings (SSSR count). The number of hydrazone groups is 1. The molecule has 7 nitrogen and oxygen atoms in total. The number of pyridine rings is 1. The van der Waals surface area contributed by atoms with Gasteiger partial charge < -0.3 is 9.84 Å². The van der Waals surface area contributed by atoms with Gasteiger partial charge in [-0.2, -0.15) is 5.10 Å². The summed E-state index contributed by atoms with van der Waals surface area (Å²) in [5.74, 6) is 1.35. The van der Waals surface area contributed by atoms with Crippen molar-refractivity contribution in [3.05, 3.63) is 66.2 Å². The molecule has 0 atom stereocenters. The lowest BCUT2D eigenvalue weighted by molar-refractivity contribution is 0.284. The van der Waals surface area contributed by atoms with Gasteiger partial charge in [0, 0.05) is 34.0 Å². The lowest BCUT2D eigenvalue weighted by atomic mass is 10.1. The molecule has 0 saturated heterocycles. The number of thiophene rings is 1. The second-order valence-electron chi connectivity index (χ2n) is 6.05. The molecule has 146 valence electrons. The highest BCUT2D eigenvalue weighted by Gasteiger charge is 2.19. The molecule has 2 N–H and O–H groups in total. The van der Waals surface area contributed by atoms with Gasteiger partial charge in [0.05, 0.1) is 29.6 Å². The summed E-state index contributed by atoms with van der Waals surface area (Å²) in [5, 5.41) is 14.3. The van der Waals surface area contributed by atoms with Crippen molar-refractivity contribution in [1.82, 2.24) is 15.0 Å². The van der Waals surface area contributed by atoms with Gasteiger partial charge >= 0.3 is 0 Å². The van der Waals surface area contributed by atoms with E-state index in [0.717, 1.165) is 32.0 Å². The van der Waals surface area contributed by atoms with Gasteiger partial charge in [-0.05, 0) is 25.1 Å². The Morgan fingerprint density at radius 2 is 2.10 bits per heavy atom. The van der Waals surface area contributed by atoms with Gasteiger partial charge in [-0.15, -0.1) is 11.3 Å². The summed E-state index contributed by atoms with van der Waals surface area (Å²) in [7, 11) is 0. The number of hydrogen-bond acceptors (Lipinski definition) is 8. The zero-order chi connectivity index (χ0) is 20.1. The summed E-state index contributed by atoms with van der Waals surface area (Å²) >= 11 is 1.50. The van der Waals surface area contributed by atoms with Gasteiger partial charge in [-0.1, -0.05) is 18.2 Å². The molecule has 0 amide bonds. The summed E-state index contributed by atoms with van der Waals surface area (Å²) in [6.07, 6.45) is 6.57. The Hall–Kier alpha value is -3.36. The van der Waals surface area contributed by atoms with Gasteiger partial charge in [-0.25, -0.2) is 9.97 Å². The lowest BCUT2D eigenvalue weighted by Crippen LogP contribution is -1.96. The van der Waals surface area contributed by atoms with Crippen molar-refractivity contribution in [2.75, 3.05) is 12.0 Å². The molecule has 4 aromatic rings. The molecule has 0 aliphatic heterocycles. The highest BCUT2D eigenvalue weighted by atomic mass is 32.1. The second kappa shape index (κ2) is 8.76. The minimum atomic E-state index is -0.134. The fourth-order valence-electron chi connectivity index (χ4n) is 2.96. The van der Waals surface area contributed by atoms with Crippen LogP contribution in [0.2, 0.25) is 0 Å². The number of ether oxygens (including phenoxy) is 1. The van der Waals surface area contributed by atoms with Crippen LogP contribution in [0.5, 0.6) is 5.75 Å². The van der Waals surface area contributed by atoms with Crippen molar-refractivity contribution >= 4 is 33.6 Å².